The molecule has 2 aromatic heterocycles. The molecule has 24 heavy (non-hydrogen) atoms. The van der Waals surface area contributed by atoms with Crippen LogP contribution < -0.4 is 0 Å². The lowest BCUT2D eigenvalue weighted by Gasteiger charge is -2.02. The van der Waals surface area contributed by atoms with Gasteiger partial charge in [-0.3, -0.25) is 0 Å². The van der Waals surface area contributed by atoms with E-state index in [4.69, 9.17) is 9.26 Å². The number of esters is 1. The van der Waals surface area contributed by atoms with Crippen molar-refractivity contribution in [3.05, 3.63) is 53.8 Å². The molecule has 3 rings (SSSR count). The van der Waals surface area contributed by atoms with Crippen LogP contribution >= 0.6 is 0 Å². The lowest BCUT2D eigenvalue weighted by Crippen LogP contribution is -2.13. The molecule has 3 aromatic rings. The lowest BCUT2D eigenvalue weighted by atomic mass is 10.1. The Labute approximate surface area is 139 Å². The van der Waals surface area contributed by atoms with E-state index in [1.165, 1.54) is 11.8 Å². The fourth-order valence-electron chi connectivity index (χ4n) is 2.25. The van der Waals surface area contributed by atoms with Crippen LogP contribution in [-0.2, 0) is 11.3 Å². The van der Waals surface area contributed by atoms with Gasteiger partial charge in [0.15, 0.2) is 5.82 Å². The predicted octanol–water partition coefficient (Wildman–Crippen LogP) is 2.89. The van der Waals surface area contributed by atoms with Gasteiger partial charge >= 0.3 is 5.97 Å². The Morgan fingerprint density at radius 1 is 1.29 bits per heavy atom. The van der Waals surface area contributed by atoms with Crippen LogP contribution in [0.2, 0.25) is 0 Å². The minimum atomic E-state index is -0.465. The molecule has 2 heterocycles. The van der Waals surface area contributed by atoms with Gasteiger partial charge in [-0.1, -0.05) is 49.3 Å². The number of benzene rings is 1. The van der Waals surface area contributed by atoms with E-state index in [0.29, 0.717) is 23.1 Å². The number of rotatable bonds is 5. The van der Waals surface area contributed by atoms with Crippen molar-refractivity contribution in [2.45, 2.75) is 26.3 Å². The number of ether oxygens (including phenoxy) is 1. The first-order valence-electron chi connectivity index (χ1n) is 7.62. The third kappa shape index (κ3) is 3.19. The largest absolute Gasteiger partial charge is 0.464 e. The molecule has 0 aliphatic heterocycles. The van der Waals surface area contributed by atoms with Crippen molar-refractivity contribution in [1.82, 2.24) is 19.9 Å². The van der Waals surface area contributed by atoms with Gasteiger partial charge in [-0.25, -0.2) is 9.48 Å². The Hall–Kier alpha value is -2.96. The van der Waals surface area contributed by atoms with E-state index in [1.54, 1.807) is 6.07 Å². The fraction of sp³-hybridized carbons (Fsp3) is 0.294. The van der Waals surface area contributed by atoms with E-state index in [1.807, 2.05) is 44.2 Å². The first-order valence-corrected chi connectivity index (χ1v) is 7.62. The average Bonchev–Trinajstić information content (AvgIpc) is 3.23. The normalized spacial score (nSPS) is 11.0. The molecule has 124 valence electrons. The maximum Gasteiger partial charge on any atom is 0.356 e. The van der Waals surface area contributed by atoms with Crippen LogP contribution in [0.15, 0.2) is 40.9 Å². The van der Waals surface area contributed by atoms with Gasteiger partial charge < -0.3 is 9.26 Å². The summed E-state index contributed by atoms with van der Waals surface area (Å²) in [5, 5.41) is 8.42. The molecule has 0 saturated carbocycles. The van der Waals surface area contributed by atoms with Gasteiger partial charge in [0.25, 0.3) is 0 Å². The van der Waals surface area contributed by atoms with Crippen molar-refractivity contribution in [1.29, 1.82) is 0 Å². The van der Waals surface area contributed by atoms with Crippen molar-refractivity contribution >= 4 is 5.97 Å². The third-order valence-corrected chi connectivity index (χ3v) is 3.53. The van der Waals surface area contributed by atoms with Crippen LogP contribution in [0.4, 0.5) is 0 Å². The third-order valence-electron chi connectivity index (χ3n) is 3.53. The lowest BCUT2D eigenvalue weighted by molar-refractivity contribution is 0.0586. The van der Waals surface area contributed by atoms with E-state index in [-0.39, 0.29) is 12.5 Å². The van der Waals surface area contributed by atoms with Crippen molar-refractivity contribution < 1.29 is 14.1 Å². The second-order valence-electron chi connectivity index (χ2n) is 5.63. The monoisotopic (exact) mass is 326 g/mol. The molecule has 7 heteroatoms. The highest BCUT2D eigenvalue weighted by Gasteiger charge is 2.19. The summed E-state index contributed by atoms with van der Waals surface area (Å²) in [6, 6.07) is 11.3. The molecule has 0 aliphatic carbocycles. The minimum Gasteiger partial charge on any atom is -0.464 e. The molecule has 1 aromatic carbocycles. The van der Waals surface area contributed by atoms with Crippen LogP contribution in [0.1, 0.15) is 42.0 Å². The molecule has 0 spiro atoms. The van der Waals surface area contributed by atoms with E-state index < -0.39 is 5.97 Å². The Balaban J connectivity index is 1.95. The first-order chi connectivity index (χ1) is 11.6. The quantitative estimate of drug-likeness (QED) is 0.670. The SMILES string of the molecule is COC(=O)c1cc(-c2ccccc2)nn1Cc1nc(C(C)C)no1. The highest BCUT2D eigenvalue weighted by atomic mass is 16.5. The van der Waals surface area contributed by atoms with E-state index in [9.17, 15) is 4.79 Å². The van der Waals surface area contributed by atoms with Crippen LogP contribution in [0.25, 0.3) is 11.3 Å². The Morgan fingerprint density at radius 3 is 2.67 bits per heavy atom. The van der Waals surface area contributed by atoms with E-state index >= 15 is 0 Å². The second-order valence-corrected chi connectivity index (χ2v) is 5.63. The smallest absolute Gasteiger partial charge is 0.356 e. The number of carbonyl (C=O) groups is 1. The molecular weight excluding hydrogens is 308 g/mol. The van der Waals surface area contributed by atoms with E-state index in [0.717, 1.165) is 5.56 Å². The summed E-state index contributed by atoms with van der Waals surface area (Å²) in [4.78, 5) is 16.4. The standard InChI is InChI=1S/C17H18N4O3/c1-11(2)16-18-15(24-20-16)10-21-14(17(22)23-3)9-13(19-21)12-7-5-4-6-8-12/h4-9,11H,10H2,1-3H3. The molecule has 0 amide bonds. The van der Waals surface area contributed by atoms with Gasteiger partial charge in [0.2, 0.25) is 5.89 Å². The van der Waals surface area contributed by atoms with Gasteiger partial charge in [0.1, 0.15) is 12.2 Å². The Kier molecular flexibility index (Phi) is 4.41. The average molecular weight is 326 g/mol. The van der Waals surface area contributed by atoms with E-state index in [2.05, 4.69) is 15.2 Å². The topological polar surface area (TPSA) is 83.0 Å². The van der Waals surface area contributed by atoms with Crippen LogP contribution in [0, 0.1) is 0 Å². The minimum absolute atomic E-state index is 0.167. The maximum absolute atomic E-state index is 12.0. The Morgan fingerprint density at radius 2 is 2.04 bits per heavy atom. The summed E-state index contributed by atoms with van der Waals surface area (Å²) in [6.45, 7) is 4.17. The van der Waals surface area contributed by atoms with Crippen molar-refractivity contribution in [3.8, 4) is 11.3 Å². The zero-order chi connectivity index (χ0) is 17.1. The van der Waals surface area contributed by atoms with Crippen molar-refractivity contribution in [3.63, 3.8) is 0 Å². The summed E-state index contributed by atoms with van der Waals surface area (Å²) in [5.74, 6) is 0.722. The molecule has 0 radical (unpaired) electrons. The second kappa shape index (κ2) is 6.66. The molecular formula is C17H18N4O3. The number of carbonyl (C=O) groups excluding carboxylic acids is 1. The number of hydrogen-bond donors (Lipinski definition) is 0. The molecule has 0 atom stereocenters. The predicted molar refractivity (Wildman–Crippen MR) is 86.5 cm³/mol. The van der Waals surface area contributed by atoms with Gasteiger partial charge in [-0.15, -0.1) is 0 Å². The molecule has 7 nitrogen and oxygen atoms in total. The summed E-state index contributed by atoms with van der Waals surface area (Å²) < 4.78 is 11.6. The summed E-state index contributed by atoms with van der Waals surface area (Å²) in [5.41, 5.74) is 1.93. The van der Waals surface area contributed by atoms with Gasteiger partial charge in [-0.2, -0.15) is 10.1 Å². The molecule has 0 unspecified atom stereocenters. The van der Waals surface area contributed by atoms with Gasteiger partial charge in [-0.05, 0) is 6.07 Å². The van der Waals surface area contributed by atoms with Gasteiger partial charge in [0, 0.05) is 11.5 Å². The molecule has 0 fully saturated rings. The van der Waals surface area contributed by atoms with Crippen molar-refractivity contribution in [2.24, 2.45) is 0 Å². The fourth-order valence-corrected chi connectivity index (χ4v) is 2.25. The molecule has 0 aliphatic rings. The highest BCUT2D eigenvalue weighted by Crippen LogP contribution is 2.20. The van der Waals surface area contributed by atoms with Crippen LogP contribution in [0.5, 0.6) is 0 Å². The summed E-state index contributed by atoms with van der Waals surface area (Å²) >= 11 is 0. The summed E-state index contributed by atoms with van der Waals surface area (Å²) in [6.07, 6.45) is 0. The number of hydrogen-bond acceptors (Lipinski definition) is 6. The zero-order valence-corrected chi connectivity index (χ0v) is 13.8. The van der Waals surface area contributed by atoms with Crippen LogP contribution in [-0.4, -0.2) is 33.0 Å². The number of nitrogens with zero attached hydrogens (tertiary/aromatic N) is 4. The first kappa shape index (κ1) is 15.9. The molecule has 0 bridgehead atoms. The highest BCUT2D eigenvalue weighted by molar-refractivity contribution is 5.89. The molecule has 0 N–H and O–H groups in total. The Bertz CT molecular complexity index is 837. The summed E-state index contributed by atoms with van der Waals surface area (Å²) in [7, 11) is 1.34. The molecule has 0 saturated heterocycles. The zero-order valence-electron chi connectivity index (χ0n) is 13.8. The van der Waals surface area contributed by atoms with Gasteiger partial charge in [0.05, 0.1) is 12.8 Å². The van der Waals surface area contributed by atoms with Crippen molar-refractivity contribution in [2.75, 3.05) is 7.11 Å². The number of methoxy groups -OCH3 is 1. The number of aromatic nitrogens is 4. The maximum atomic E-state index is 12.0. The van der Waals surface area contributed by atoms with Crippen LogP contribution in [0.3, 0.4) is 0 Å².